The highest BCUT2D eigenvalue weighted by Crippen LogP contribution is 2.30. The SMILES string of the molecule is CCc1cc(C#N)c(NC(=O)CN2C(=O)N[C@@](C)(c3ccccc3)C2=O)s1. The molecule has 2 heterocycles. The molecule has 3 rings (SSSR count). The van der Waals surface area contributed by atoms with E-state index in [1.165, 1.54) is 11.3 Å². The Morgan fingerprint density at radius 3 is 2.67 bits per heavy atom. The van der Waals surface area contributed by atoms with Crippen LogP contribution >= 0.6 is 11.3 Å². The molecule has 1 aromatic carbocycles. The van der Waals surface area contributed by atoms with Crippen molar-refractivity contribution in [3.8, 4) is 6.07 Å². The summed E-state index contributed by atoms with van der Waals surface area (Å²) in [4.78, 5) is 39.4. The summed E-state index contributed by atoms with van der Waals surface area (Å²) in [6.07, 6.45) is 0.748. The maximum Gasteiger partial charge on any atom is 0.325 e. The second-order valence-corrected chi connectivity index (χ2v) is 7.42. The van der Waals surface area contributed by atoms with Crippen LogP contribution < -0.4 is 10.6 Å². The summed E-state index contributed by atoms with van der Waals surface area (Å²) in [5, 5.41) is 14.9. The Kier molecular flexibility index (Phi) is 4.97. The lowest BCUT2D eigenvalue weighted by Gasteiger charge is -2.22. The first-order valence-corrected chi connectivity index (χ1v) is 9.23. The molecule has 0 aliphatic carbocycles. The number of amides is 4. The second kappa shape index (κ2) is 7.21. The maximum atomic E-state index is 12.8. The molecule has 0 spiro atoms. The van der Waals surface area contributed by atoms with Crippen molar-refractivity contribution >= 4 is 34.2 Å². The van der Waals surface area contributed by atoms with Crippen molar-refractivity contribution in [2.75, 3.05) is 11.9 Å². The van der Waals surface area contributed by atoms with Crippen molar-refractivity contribution < 1.29 is 14.4 Å². The zero-order valence-electron chi connectivity index (χ0n) is 14.9. The maximum absolute atomic E-state index is 12.8. The molecular formula is C19H18N4O3S. The Morgan fingerprint density at radius 2 is 2.04 bits per heavy atom. The van der Waals surface area contributed by atoms with Crippen LogP contribution in [-0.4, -0.2) is 29.3 Å². The van der Waals surface area contributed by atoms with Crippen molar-refractivity contribution in [3.63, 3.8) is 0 Å². The molecule has 0 saturated carbocycles. The van der Waals surface area contributed by atoms with Gasteiger partial charge in [-0.3, -0.25) is 14.5 Å². The molecule has 0 bridgehead atoms. The van der Waals surface area contributed by atoms with Gasteiger partial charge in [0.1, 0.15) is 23.2 Å². The van der Waals surface area contributed by atoms with Gasteiger partial charge in [-0.1, -0.05) is 37.3 Å². The van der Waals surface area contributed by atoms with Crippen LogP contribution in [0.1, 0.15) is 29.9 Å². The van der Waals surface area contributed by atoms with E-state index in [1.54, 1.807) is 37.3 Å². The molecule has 138 valence electrons. The number of hydrogen-bond acceptors (Lipinski definition) is 5. The van der Waals surface area contributed by atoms with E-state index in [2.05, 4.69) is 10.6 Å². The van der Waals surface area contributed by atoms with Gasteiger partial charge in [-0.25, -0.2) is 4.79 Å². The number of urea groups is 1. The second-order valence-electron chi connectivity index (χ2n) is 6.28. The first-order chi connectivity index (χ1) is 12.9. The topological polar surface area (TPSA) is 102 Å². The number of nitrogens with zero attached hydrogens (tertiary/aromatic N) is 2. The molecule has 1 fully saturated rings. The summed E-state index contributed by atoms with van der Waals surface area (Å²) < 4.78 is 0. The summed E-state index contributed by atoms with van der Waals surface area (Å²) >= 11 is 1.31. The van der Waals surface area contributed by atoms with E-state index in [0.717, 1.165) is 16.2 Å². The van der Waals surface area contributed by atoms with Crippen LogP contribution in [0.4, 0.5) is 9.80 Å². The molecule has 4 amide bonds. The van der Waals surface area contributed by atoms with Crippen molar-refractivity contribution in [2.24, 2.45) is 0 Å². The number of rotatable bonds is 5. The third-order valence-corrected chi connectivity index (χ3v) is 5.63. The van der Waals surface area contributed by atoms with Crippen molar-refractivity contribution in [2.45, 2.75) is 25.8 Å². The minimum Gasteiger partial charge on any atom is -0.319 e. The number of carbonyl (C=O) groups is 3. The van der Waals surface area contributed by atoms with E-state index in [0.29, 0.717) is 16.1 Å². The normalized spacial score (nSPS) is 18.9. The van der Waals surface area contributed by atoms with Crippen molar-refractivity contribution in [3.05, 3.63) is 52.4 Å². The molecule has 2 N–H and O–H groups in total. The van der Waals surface area contributed by atoms with E-state index in [4.69, 9.17) is 0 Å². The Bertz CT molecular complexity index is 948. The van der Waals surface area contributed by atoms with Gasteiger partial charge in [-0.15, -0.1) is 11.3 Å². The summed E-state index contributed by atoms with van der Waals surface area (Å²) in [6, 6.07) is 12.0. The van der Waals surface area contributed by atoms with Crippen molar-refractivity contribution in [1.29, 1.82) is 5.26 Å². The molecular weight excluding hydrogens is 364 g/mol. The number of nitrogens with one attached hydrogen (secondary N) is 2. The minimum absolute atomic E-state index is 0.372. The molecule has 1 saturated heterocycles. The molecule has 1 aromatic heterocycles. The van der Waals surface area contributed by atoms with Crippen LogP contribution in [0.5, 0.6) is 0 Å². The van der Waals surface area contributed by atoms with Crippen LogP contribution in [0.15, 0.2) is 36.4 Å². The first kappa shape index (κ1) is 18.6. The fraction of sp³-hybridized carbons (Fsp3) is 0.263. The lowest BCUT2D eigenvalue weighted by molar-refractivity contribution is -0.133. The van der Waals surface area contributed by atoms with E-state index < -0.39 is 29.9 Å². The number of imide groups is 1. The number of anilines is 1. The smallest absolute Gasteiger partial charge is 0.319 e. The molecule has 2 aromatic rings. The largest absolute Gasteiger partial charge is 0.325 e. The van der Waals surface area contributed by atoms with Gasteiger partial charge in [0.25, 0.3) is 5.91 Å². The third-order valence-electron chi connectivity index (χ3n) is 4.43. The van der Waals surface area contributed by atoms with Gasteiger partial charge in [0.15, 0.2) is 0 Å². The number of carbonyl (C=O) groups excluding carboxylic acids is 3. The Hall–Kier alpha value is -3.18. The Balaban J connectivity index is 1.75. The van der Waals surface area contributed by atoms with Crippen LogP contribution in [0, 0.1) is 11.3 Å². The Morgan fingerprint density at radius 1 is 1.33 bits per heavy atom. The molecule has 1 aliphatic rings. The van der Waals surface area contributed by atoms with Gasteiger partial charge in [0.2, 0.25) is 5.91 Å². The first-order valence-electron chi connectivity index (χ1n) is 8.41. The average Bonchev–Trinajstić information content (AvgIpc) is 3.16. The molecule has 1 aliphatic heterocycles. The standard InChI is InChI=1S/C19H18N4O3S/c1-3-14-9-12(10-20)16(27-14)21-15(24)11-23-17(25)19(2,22-18(23)26)13-7-5-4-6-8-13/h4-9H,3,11H2,1-2H3,(H,21,24)(H,22,26)/t19-/m0/s1. The van der Waals surface area contributed by atoms with Crippen molar-refractivity contribution in [1.82, 2.24) is 10.2 Å². The number of aryl methyl sites for hydroxylation is 1. The van der Waals surface area contributed by atoms with Crippen LogP contribution in [-0.2, 0) is 21.5 Å². The predicted octanol–water partition coefficient (Wildman–Crippen LogP) is 2.59. The van der Waals surface area contributed by atoms with E-state index in [1.807, 2.05) is 19.1 Å². The van der Waals surface area contributed by atoms with E-state index >= 15 is 0 Å². The predicted molar refractivity (Wildman–Crippen MR) is 101 cm³/mol. The summed E-state index contributed by atoms with van der Waals surface area (Å²) in [5.74, 6) is -1.02. The lowest BCUT2D eigenvalue weighted by atomic mass is 9.92. The molecule has 1 atom stereocenters. The fourth-order valence-corrected chi connectivity index (χ4v) is 3.87. The zero-order chi connectivity index (χ0) is 19.6. The average molecular weight is 382 g/mol. The molecule has 0 unspecified atom stereocenters. The highest BCUT2D eigenvalue weighted by molar-refractivity contribution is 7.16. The van der Waals surface area contributed by atoms with Gasteiger partial charge < -0.3 is 10.6 Å². The van der Waals surface area contributed by atoms with Crippen LogP contribution in [0.2, 0.25) is 0 Å². The van der Waals surface area contributed by atoms with Crippen LogP contribution in [0.3, 0.4) is 0 Å². The molecule has 8 heteroatoms. The highest BCUT2D eigenvalue weighted by atomic mass is 32.1. The molecule has 27 heavy (non-hydrogen) atoms. The summed E-state index contributed by atoms with van der Waals surface area (Å²) in [6.45, 7) is 3.15. The minimum atomic E-state index is -1.21. The van der Waals surface area contributed by atoms with Gasteiger partial charge in [-0.2, -0.15) is 5.26 Å². The number of thiophene rings is 1. The van der Waals surface area contributed by atoms with E-state index in [9.17, 15) is 19.6 Å². The quantitative estimate of drug-likeness (QED) is 0.776. The van der Waals surface area contributed by atoms with Crippen LogP contribution in [0.25, 0.3) is 0 Å². The summed E-state index contributed by atoms with van der Waals surface area (Å²) in [5.41, 5.74) is -0.199. The zero-order valence-corrected chi connectivity index (χ0v) is 15.7. The van der Waals surface area contributed by atoms with E-state index in [-0.39, 0.29) is 0 Å². The molecule has 0 radical (unpaired) electrons. The van der Waals surface area contributed by atoms with Gasteiger partial charge in [-0.05, 0) is 25.0 Å². The monoisotopic (exact) mass is 382 g/mol. The molecule has 7 nitrogen and oxygen atoms in total. The van der Waals surface area contributed by atoms with Gasteiger partial charge in [0, 0.05) is 4.88 Å². The summed E-state index contributed by atoms with van der Waals surface area (Å²) in [7, 11) is 0. The fourth-order valence-electron chi connectivity index (χ4n) is 2.91. The highest BCUT2D eigenvalue weighted by Gasteiger charge is 2.49. The lowest BCUT2D eigenvalue weighted by Crippen LogP contribution is -2.42. The number of hydrogen-bond donors (Lipinski definition) is 2. The Labute approximate surface area is 160 Å². The number of nitriles is 1. The van der Waals surface area contributed by atoms with Gasteiger partial charge >= 0.3 is 6.03 Å². The van der Waals surface area contributed by atoms with Gasteiger partial charge in [0.05, 0.1) is 5.56 Å². The third kappa shape index (κ3) is 3.41. The number of benzene rings is 1.